The zero-order valence-corrected chi connectivity index (χ0v) is 20.0. The van der Waals surface area contributed by atoms with Crippen molar-refractivity contribution >= 4 is 34.2 Å². The van der Waals surface area contributed by atoms with E-state index in [0.717, 1.165) is 22.0 Å². The molecule has 0 aromatic heterocycles. The van der Waals surface area contributed by atoms with Crippen molar-refractivity contribution in [2.45, 2.75) is 32.8 Å². The van der Waals surface area contributed by atoms with Crippen LogP contribution >= 0.6 is 22.6 Å². The molecule has 0 radical (unpaired) electrons. The molecule has 1 unspecified atom stereocenters. The molecule has 1 aliphatic heterocycles. The van der Waals surface area contributed by atoms with Crippen molar-refractivity contribution in [2.24, 2.45) is 5.92 Å². The average Bonchev–Trinajstić information content (AvgIpc) is 3.21. The van der Waals surface area contributed by atoms with Gasteiger partial charge in [0.25, 0.3) is 0 Å². The number of rotatable bonds is 8. The van der Waals surface area contributed by atoms with Crippen molar-refractivity contribution < 1.29 is 14.6 Å². The summed E-state index contributed by atoms with van der Waals surface area (Å²) >= 11 is 2.13. The van der Waals surface area contributed by atoms with Crippen LogP contribution in [0.2, 0.25) is 0 Å². The van der Waals surface area contributed by atoms with Crippen LogP contribution in [0.5, 0.6) is 11.5 Å². The third kappa shape index (κ3) is 5.35. The summed E-state index contributed by atoms with van der Waals surface area (Å²) in [4.78, 5) is 0. The largest absolute Gasteiger partial charge is 0.504 e. The van der Waals surface area contributed by atoms with Gasteiger partial charge in [0, 0.05) is 0 Å². The Balaban J connectivity index is 1.88. The molecular weight excluding hydrogens is 487 g/mol. The van der Waals surface area contributed by atoms with Gasteiger partial charge in [-0.2, -0.15) is 0 Å². The number of aromatic hydroxyl groups is 1. The van der Waals surface area contributed by atoms with E-state index in [9.17, 15) is 5.11 Å². The lowest BCUT2D eigenvalue weighted by Crippen LogP contribution is -2.13. The van der Waals surface area contributed by atoms with E-state index in [2.05, 4.69) is 79.4 Å². The summed E-state index contributed by atoms with van der Waals surface area (Å²) in [5.41, 5.74) is 5.83. The zero-order valence-electron chi connectivity index (χ0n) is 17.8. The molecule has 0 saturated heterocycles. The Morgan fingerprint density at radius 1 is 1.30 bits per heavy atom. The Bertz CT molecular complexity index is 958. The van der Waals surface area contributed by atoms with Crippen LogP contribution in [0.25, 0.3) is 11.6 Å². The first-order valence-corrected chi connectivity index (χ1v) is 11.3. The summed E-state index contributed by atoms with van der Waals surface area (Å²) in [5.74, 6) is 1.08. The van der Waals surface area contributed by atoms with Crippen LogP contribution in [-0.4, -0.2) is 24.9 Å². The number of hydrogen-bond donors (Lipinski definition) is 1. The molecule has 0 amide bonds. The molecule has 30 heavy (non-hydrogen) atoms. The fourth-order valence-corrected chi connectivity index (χ4v) is 4.28. The number of ether oxygens (including phenoxy) is 2. The highest BCUT2D eigenvalue weighted by atomic mass is 127. The molecular formula is C26H29IO3. The van der Waals surface area contributed by atoms with E-state index in [4.69, 9.17) is 9.47 Å². The van der Waals surface area contributed by atoms with E-state index in [-0.39, 0.29) is 11.9 Å². The molecule has 0 saturated carbocycles. The van der Waals surface area contributed by atoms with E-state index in [1.807, 2.05) is 18.2 Å². The maximum absolute atomic E-state index is 10.2. The first-order chi connectivity index (χ1) is 14.4. The highest BCUT2D eigenvalue weighted by Gasteiger charge is 2.23. The Kier molecular flexibility index (Phi) is 7.78. The topological polar surface area (TPSA) is 38.7 Å². The summed E-state index contributed by atoms with van der Waals surface area (Å²) in [6, 6.07) is 14.3. The van der Waals surface area contributed by atoms with Crippen LogP contribution in [0.1, 0.15) is 37.8 Å². The second-order valence-corrected chi connectivity index (χ2v) is 8.95. The van der Waals surface area contributed by atoms with Gasteiger partial charge in [0.15, 0.2) is 11.5 Å². The van der Waals surface area contributed by atoms with Crippen molar-refractivity contribution in [3.05, 3.63) is 81.0 Å². The van der Waals surface area contributed by atoms with Crippen molar-refractivity contribution in [1.29, 1.82) is 0 Å². The number of benzene rings is 2. The molecule has 2 aromatic rings. The van der Waals surface area contributed by atoms with Crippen LogP contribution in [0, 0.1) is 9.49 Å². The van der Waals surface area contributed by atoms with Crippen molar-refractivity contribution in [2.75, 3.05) is 13.7 Å². The van der Waals surface area contributed by atoms with Gasteiger partial charge in [0.1, 0.15) is 0 Å². The number of hydrogen-bond acceptors (Lipinski definition) is 3. The lowest BCUT2D eigenvalue weighted by atomic mass is 9.89. The molecule has 0 spiro atoms. The fraction of sp³-hybridized carbons (Fsp3) is 0.308. The number of allylic oxidation sites excluding steroid dienone is 1. The van der Waals surface area contributed by atoms with Crippen molar-refractivity contribution in [3.63, 3.8) is 0 Å². The number of phenolic OH excluding ortho intramolecular Hbond substituents is 1. The Morgan fingerprint density at radius 3 is 2.70 bits per heavy atom. The molecule has 1 N–H and O–H groups in total. The van der Waals surface area contributed by atoms with Gasteiger partial charge >= 0.3 is 0 Å². The smallest absolute Gasteiger partial charge is 0.171 e. The van der Waals surface area contributed by atoms with Gasteiger partial charge in [-0.3, -0.25) is 0 Å². The molecule has 158 valence electrons. The predicted molar refractivity (Wildman–Crippen MR) is 133 cm³/mol. The number of phenols is 1. The van der Waals surface area contributed by atoms with E-state index >= 15 is 0 Å². The van der Waals surface area contributed by atoms with E-state index in [1.165, 1.54) is 22.3 Å². The molecule has 1 aliphatic rings. The quantitative estimate of drug-likeness (QED) is 0.308. The van der Waals surface area contributed by atoms with Gasteiger partial charge in [-0.1, -0.05) is 62.9 Å². The van der Waals surface area contributed by atoms with Crippen LogP contribution in [0.4, 0.5) is 0 Å². The standard InChI is InChI=1S/C26H29IO3/c1-17(2)18(3)22-12-13-30-24(22)11-10-21(20-8-6-5-7-9-20)14-19-15-23(27)26(28)25(16-19)29-4/h5-9,12,14-17,24,28H,3,10-11,13H2,1-2,4H3/b21-14-. The van der Waals surface area contributed by atoms with Crippen LogP contribution in [-0.2, 0) is 4.74 Å². The normalized spacial score (nSPS) is 16.6. The third-order valence-corrected chi connectivity index (χ3v) is 6.27. The minimum absolute atomic E-state index is 0.0847. The maximum Gasteiger partial charge on any atom is 0.171 e. The molecule has 3 nitrogen and oxygen atoms in total. The highest BCUT2D eigenvalue weighted by molar-refractivity contribution is 14.1. The lowest BCUT2D eigenvalue weighted by Gasteiger charge is -2.20. The maximum atomic E-state index is 10.2. The molecule has 1 atom stereocenters. The van der Waals surface area contributed by atoms with Crippen LogP contribution in [0.15, 0.2) is 66.3 Å². The second kappa shape index (κ2) is 10.3. The minimum Gasteiger partial charge on any atom is -0.504 e. The first kappa shape index (κ1) is 22.6. The summed E-state index contributed by atoms with van der Waals surface area (Å²) in [5, 5.41) is 10.2. The van der Waals surface area contributed by atoms with Gasteiger partial charge in [-0.25, -0.2) is 0 Å². The molecule has 0 aliphatic carbocycles. The first-order valence-electron chi connectivity index (χ1n) is 10.2. The van der Waals surface area contributed by atoms with Crippen molar-refractivity contribution in [3.8, 4) is 11.5 Å². The van der Waals surface area contributed by atoms with E-state index < -0.39 is 0 Å². The summed E-state index contributed by atoms with van der Waals surface area (Å²) in [6.07, 6.45) is 6.20. The SMILES string of the molecule is C=C(C1=CCOC1CC/C(=C/c1cc(I)c(O)c(OC)c1)c1ccccc1)C(C)C. The lowest BCUT2D eigenvalue weighted by molar-refractivity contribution is 0.117. The number of methoxy groups -OCH3 is 1. The van der Waals surface area contributed by atoms with E-state index in [0.29, 0.717) is 18.3 Å². The molecule has 0 bridgehead atoms. The molecule has 1 heterocycles. The van der Waals surface area contributed by atoms with E-state index in [1.54, 1.807) is 7.11 Å². The Morgan fingerprint density at radius 2 is 2.03 bits per heavy atom. The summed E-state index contributed by atoms with van der Waals surface area (Å²) in [7, 11) is 1.57. The Labute approximate surface area is 193 Å². The van der Waals surface area contributed by atoms with Gasteiger partial charge in [-0.05, 0) is 81.3 Å². The number of halogens is 1. The summed E-state index contributed by atoms with van der Waals surface area (Å²) in [6.45, 7) is 9.28. The van der Waals surface area contributed by atoms with Gasteiger partial charge in [0.2, 0.25) is 0 Å². The van der Waals surface area contributed by atoms with Gasteiger partial charge in [-0.15, -0.1) is 0 Å². The molecule has 4 heteroatoms. The summed E-state index contributed by atoms with van der Waals surface area (Å²) < 4.78 is 12.1. The van der Waals surface area contributed by atoms with Gasteiger partial charge in [0.05, 0.1) is 23.4 Å². The predicted octanol–water partition coefficient (Wildman–Crippen LogP) is 6.86. The van der Waals surface area contributed by atoms with Crippen LogP contribution in [0.3, 0.4) is 0 Å². The van der Waals surface area contributed by atoms with Gasteiger partial charge < -0.3 is 14.6 Å². The average molecular weight is 516 g/mol. The zero-order chi connectivity index (χ0) is 21.7. The van der Waals surface area contributed by atoms with Crippen molar-refractivity contribution in [1.82, 2.24) is 0 Å². The Hall–Kier alpha value is -2.05. The fourth-order valence-electron chi connectivity index (χ4n) is 3.66. The minimum atomic E-state index is 0.0847. The highest BCUT2D eigenvalue weighted by Crippen LogP contribution is 2.35. The molecule has 0 fully saturated rings. The second-order valence-electron chi connectivity index (χ2n) is 7.79. The van der Waals surface area contributed by atoms with Crippen LogP contribution < -0.4 is 4.74 Å². The molecule has 2 aromatic carbocycles. The monoisotopic (exact) mass is 516 g/mol. The third-order valence-electron chi connectivity index (χ3n) is 5.45. The molecule has 3 rings (SSSR count).